The summed E-state index contributed by atoms with van der Waals surface area (Å²) in [4.78, 5) is 10.3. The van der Waals surface area contributed by atoms with Gasteiger partial charge in [0.15, 0.2) is 4.87 Å². The Bertz CT molecular complexity index is 3370. The van der Waals surface area contributed by atoms with Crippen molar-refractivity contribution in [2.24, 2.45) is 25.5 Å². The minimum Gasteiger partial charge on any atom is -0.744 e. The van der Waals surface area contributed by atoms with Gasteiger partial charge in [-0.3, -0.25) is 0 Å². The minimum absolute atomic E-state index is 0. The van der Waals surface area contributed by atoms with Crippen molar-refractivity contribution in [3.05, 3.63) is 182 Å². The summed E-state index contributed by atoms with van der Waals surface area (Å²) in [5.74, 6) is 0. The zero-order valence-electron chi connectivity index (χ0n) is 36.2. The van der Waals surface area contributed by atoms with Crippen LogP contribution in [-0.4, -0.2) is 84.5 Å². The molecule has 0 aromatic heterocycles. The van der Waals surface area contributed by atoms with Crippen LogP contribution in [0.1, 0.15) is 0 Å². The predicted molar refractivity (Wildman–Crippen MR) is 228 cm³/mol. The van der Waals surface area contributed by atoms with Crippen LogP contribution in [0.4, 0.5) is 22.7 Å². The number of benzene rings is 3. The van der Waals surface area contributed by atoms with Crippen LogP contribution in [0.25, 0.3) is 0 Å². The number of nitroso groups, excluding NO2 is 1. The third-order valence-corrected chi connectivity index (χ3v) is 12.0. The zero-order chi connectivity index (χ0) is 47.3. The molecule has 0 spiro atoms. The number of nitrogens with zero attached hydrogens (tertiary/aromatic N) is 8. The quantitative estimate of drug-likeness (QED) is 0.0406. The summed E-state index contributed by atoms with van der Waals surface area (Å²) in [5.41, 5.74) is -0.823. The first kappa shape index (κ1) is 61.8. The summed E-state index contributed by atoms with van der Waals surface area (Å²) >= 11 is 0. The van der Waals surface area contributed by atoms with Crippen LogP contribution < -0.4 is 123 Å². The summed E-state index contributed by atoms with van der Waals surface area (Å²) in [6.45, 7) is 0. The monoisotopic (exact) mass is 1050 g/mol. The van der Waals surface area contributed by atoms with Crippen molar-refractivity contribution in [2.75, 3.05) is 5.17 Å². The predicted octanol–water partition coefficient (Wildman–Crippen LogP) is -7.66. The number of hydrogen-bond acceptors (Lipinski definition) is 20. The van der Waals surface area contributed by atoms with Crippen molar-refractivity contribution in [1.82, 2.24) is 0 Å². The standard InChI is InChI=1S/C38H28N8O15S4.4Na/c47-44(33-15-19-35(20-16-33)62(50,51)52)41-28-9-7-27(8-10-28)39-40-30-5-3-25(37(23-30)64(56,57)58)1-2-26-4-6-31(24-38(26)65(59,60)61)43-46(49)32-13-11-29(12-14-32)42-45(48)34-17-21-36(22-18-34)63(53,54)55;;;;/h1-24H,(H,50,51,52)(H,53,54,55)(H,56,57,58)(H,59,60,61);;;;/q;4*+1/p-4/b25-1-,26-2+,39-27?,40-30+,41-28?,43-31+,45-42?;;;;. The number of allylic oxidation sites excluding steroid dienone is 14. The van der Waals surface area contributed by atoms with Crippen LogP contribution in [0.3, 0.4) is 0 Å². The van der Waals surface area contributed by atoms with E-state index in [0.29, 0.717) is 0 Å². The molecule has 23 nitrogen and oxygen atoms in total. The molecule has 0 N–H and O–H groups in total. The van der Waals surface area contributed by atoms with Gasteiger partial charge in [0.05, 0.1) is 46.7 Å². The number of rotatable bonds is 12. The van der Waals surface area contributed by atoms with Crippen molar-refractivity contribution < 1.29 is 180 Å². The smallest absolute Gasteiger partial charge is 0.744 e. The molecule has 0 fully saturated rings. The van der Waals surface area contributed by atoms with E-state index in [4.69, 9.17) is 0 Å². The molecular formula is C38H24N8Na4O15S4. The molecule has 0 radical (unpaired) electrons. The Hall–Kier alpha value is -3.34. The second-order valence-electron chi connectivity index (χ2n) is 12.9. The topological polar surface area (TPSA) is 363 Å². The fourth-order valence-electron chi connectivity index (χ4n) is 5.38. The van der Waals surface area contributed by atoms with E-state index in [2.05, 4.69) is 25.5 Å². The van der Waals surface area contributed by atoms with Crippen molar-refractivity contribution >= 4 is 86.1 Å². The van der Waals surface area contributed by atoms with Gasteiger partial charge in [0.2, 0.25) is 5.69 Å². The molecule has 3 aliphatic rings. The Morgan fingerprint density at radius 3 is 1.38 bits per heavy atom. The summed E-state index contributed by atoms with van der Waals surface area (Å²) in [6, 6.07) is 13.0. The summed E-state index contributed by atoms with van der Waals surface area (Å²) in [7, 11) is -19.9. The normalized spacial score (nSPS) is 17.3. The molecule has 3 aromatic rings. The van der Waals surface area contributed by atoms with E-state index in [0.717, 1.165) is 78.9 Å². The van der Waals surface area contributed by atoms with Crippen LogP contribution >= 0.6 is 0 Å². The van der Waals surface area contributed by atoms with Gasteiger partial charge in [-0.15, -0.1) is 0 Å². The third-order valence-electron chi connectivity index (χ3n) is 8.49. The molecule has 0 saturated carbocycles. The fraction of sp³-hybridized carbons (Fsp3) is 0. The molecular weight excluding hydrogens is 1030 g/mol. The molecule has 0 aliphatic heterocycles. The Balaban J connectivity index is 0.00000408. The minimum atomic E-state index is -5.25. The number of hydrazone groups is 2. The molecule has 0 heterocycles. The molecule has 0 atom stereocenters. The van der Waals surface area contributed by atoms with Crippen LogP contribution in [0, 0.1) is 15.3 Å². The first-order valence-electron chi connectivity index (χ1n) is 17.6. The van der Waals surface area contributed by atoms with Crippen molar-refractivity contribution in [3.8, 4) is 0 Å². The first-order chi connectivity index (χ1) is 30.4. The SMILES string of the molecule is O=[N+](/N=C1C=C/C(=C\C=C2C=C/C(=N\N=C3C=CC(=NN([O-])c4ccc(S(=O)(=O)[O-])cc4)C=C3)C=C\2S(=O)(=O)[O-])C(S(=O)(=O)[O-])=C\1)c1ccc(N=[N+]([O-])c2ccc(S(=O)(=O)[O-])cc2)cc1.[Na+].[Na+].[Na+].[Na+]. The summed E-state index contributed by atoms with van der Waals surface area (Å²) in [6.07, 6.45) is 14.0. The second-order valence-corrected chi connectivity index (χ2v) is 18.4. The Kier molecular flexibility index (Phi) is 23.2. The molecule has 334 valence electrons. The molecule has 69 heavy (non-hydrogen) atoms. The van der Waals surface area contributed by atoms with Gasteiger partial charge >= 0.3 is 118 Å². The van der Waals surface area contributed by atoms with Gasteiger partial charge in [-0.1, -0.05) is 29.2 Å². The van der Waals surface area contributed by atoms with E-state index < -0.39 is 60.1 Å². The maximum absolute atomic E-state index is 12.8. The Morgan fingerprint density at radius 1 is 0.493 bits per heavy atom. The summed E-state index contributed by atoms with van der Waals surface area (Å²) in [5, 5.41) is 44.2. The zero-order valence-corrected chi connectivity index (χ0v) is 47.5. The molecule has 0 amide bonds. The van der Waals surface area contributed by atoms with Crippen LogP contribution in [0.15, 0.2) is 202 Å². The van der Waals surface area contributed by atoms with Gasteiger partial charge in [0.1, 0.15) is 51.9 Å². The van der Waals surface area contributed by atoms with Gasteiger partial charge in [0.25, 0.3) is 5.69 Å². The average molecular weight is 1050 g/mol. The Morgan fingerprint density at radius 2 is 0.899 bits per heavy atom. The maximum Gasteiger partial charge on any atom is 1.00 e. The second kappa shape index (κ2) is 25.9. The molecule has 0 saturated heterocycles. The third kappa shape index (κ3) is 17.4. The molecule has 0 bridgehead atoms. The van der Waals surface area contributed by atoms with Crippen molar-refractivity contribution in [2.45, 2.75) is 9.79 Å². The van der Waals surface area contributed by atoms with Crippen LogP contribution in [-0.2, 0) is 40.5 Å². The van der Waals surface area contributed by atoms with Crippen LogP contribution in [0.2, 0.25) is 0 Å². The van der Waals surface area contributed by atoms with Gasteiger partial charge in [-0.2, -0.15) is 15.3 Å². The molecule has 3 aromatic carbocycles. The van der Waals surface area contributed by atoms with Gasteiger partial charge in [-0.05, 0) is 108 Å². The van der Waals surface area contributed by atoms with E-state index in [9.17, 15) is 67.2 Å². The van der Waals surface area contributed by atoms with E-state index in [1.54, 1.807) is 0 Å². The Labute approximate surface area is 482 Å². The van der Waals surface area contributed by atoms with E-state index >= 15 is 0 Å². The van der Waals surface area contributed by atoms with E-state index in [1.165, 1.54) is 66.8 Å². The van der Waals surface area contributed by atoms with Crippen molar-refractivity contribution in [1.29, 1.82) is 0 Å². The number of azo groups is 1. The molecule has 3 aliphatic carbocycles. The van der Waals surface area contributed by atoms with E-state index in [-0.39, 0.29) is 190 Å². The van der Waals surface area contributed by atoms with Crippen molar-refractivity contribution in [3.63, 3.8) is 0 Å². The van der Waals surface area contributed by atoms with Crippen LogP contribution in [0.5, 0.6) is 0 Å². The molecule has 0 unspecified atom stereocenters. The molecule has 6 rings (SSSR count). The average Bonchev–Trinajstić information content (AvgIpc) is 3.25. The fourth-order valence-corrected chi connectivity index (χ4v) is 7.69. The molecule has 31 heteroatoms. The van der Waals surface area contributed by atoms with Gasteiger partial charge in [0, 0.05) is 35.1 Å². The van der Waals surface area contributed by atoms with E-state index in [1.807, 2.05) is 0 Å². The summed E-state index contributed by atoms with van der Waals surface area (Å²) < 4.78 is 140. The van der Waals surface area contributed by atoms with Gasteiger partial charge < -0.3 is 33.8 Å². The number of anilines is 1. The first-order valence-corrected chi connectivity index (χ1v) is 23.3. The van der Waals surface area contributed by atoms with Gasteiger partial charge in [-0.25, -0.2) is 33.7 Å². The number of hydrogen-bond donors (Lipinski definition) is 0. The largest absolute Gasteiger partial charge is 1.00 e. The maximum atomic E-state index is 12.8.